The van der Waals surface area contributed by atoms with Crippen molar-refractivity contribution in [1.29, 1.82) is 0 Å². The molecule has 0 radical (unpaired) electrons. The summed E-state index contributed by atoms with van der Waals surface area (Å²) in [5.74, 6) is 0.0615. The third-order valence-corrected chi connectivity index (χ3v) is 4.50. The molecule has 0 atom stereocenters. The van der Waals surface area contributed by atoms with Crippen LogP contribution in [0.3, 0.4) is 0 Å². The van der Waals surface area contributed by atoms with Gasteiger partial charge in [-0.15, -0.1) is 24.8 Å². The third-order valence-electron chi connectivity index (χ3n) is 4.50. The lowest BCUT2D eigenvalue weighted by Gasteiger charge is -2.08. The standard InChI is InChI=1S/C19H20N4O.2ClH/c24-19(7-8-23-13-22-17-3-1-2-4-18(17)23)21-10-14-5-6-15-11-20-12-16(15)9-14;;/h1-6,9,13,20H,7-8,10-12H2,(H,21,24);2*1H. The number of fused-ring (bicyclic) bond motifs is 2. The van der Waals surface area contributed by atoms with Crippen LogP contribution in [0.1, 0.15) is 23.1 Å². The smallest absolute Gasteiger partial charge is 0.222 e. The molecule has 0 fully saturated rings. The van der Waals surface area contributed by atoms with Gasteiger partial charge in [-0.3, -0.25) is 4.79 Å². The van der Waals surface area contributed by atoms with Crippen molar-refractivity contribution < 1.29 is 4.79 Å². The summed E-state index contributed by atoms with van der Waals surface area (Å²) in [6, 6.07) is 14.4. The van der Waals surface area contributed by atoms with E-state index < -0.39 is 0 Å². The molecule has 1 aliphatic heterocycles. The summed E-state index contributed by atoms with van der Waals surface area (Å²) < 4.78 is 2.02. The van der Waals surface area contributed by atoms with E-state index in [1.807, 2.05) is 28.8 Å². The number of amides is 1. The first-order chi connectivity index (χ1) is 11.8. The molecule has 0 bridgehead atoms. The molecule has 7 heteroatoms. The second-order valence-corrected chi connectivity index (χ2v) is 6.16. The number of imidazole rings is 1. The van der Waals surface area contributed by atoms with Gasteiger partial charge in [0, 0.05) is 32.6 Å². The van der Waals surface area contributed by atoms with E-state index in [-0.39, 0.29) is 30.7 Å². The predicted octanol–water partition coefficient (Wildman–Crippen LogP) is 3.19. The minimum atomic E-state index is 0. The van der Waals surface area contributed by atoms with Crippen molar-refractivity contribution in [2.45, 2.75) is 32.6 Å². The van der Waals surface area contributed by atoms with Crippen LogP contribution in [0.15, 0.2) is 48.8 Å². The molecule has 0 spiro atoms. The summed E-state index contributed by atoms with van der Waals surface area (Å²) in [4.78, 5) is 16.5. The van der Waals surface area contributed by atoms with Crippen LogP contribution in [-0.4, -0.2) is 15.5 Å². The first-order valence-corrected chi connectivity index (χ1v) is 8.27. The highest BCUT2D eigenvalue weighted by atomic mass is 35.5. The van der Waals surface area contributed by atoms with Gasteiger partial charge in [-0.2, -0.15) is 0 Å². The Morgan fingerprint density at radius 2 is 1.92 bits per heavy atom. The third kappa shape index (κ3) is 4.36. The fraction of sp³-hybridized carbons (Fsp3) is 0.263. The van der Waals surface area contributed by atoms with Crippen LogP contribution in [0.4, 0.5) is 0 Å². The molecule has 2 N–H and O–H groups in total. The number of hydrogen-bond acceptors (Lipinski definition) is 3. The Morgan fingerprint density at radius 1 is 1.12 bits per heavy atom. The van der Waals surface area contributed by atoms with Gasteiger partial charge in [0.2, 0.25) is 5.91 Å². The summed E-state index contributed by atoms with van der Waals surface area (Å²) in [5.41, 5.74) is 5.88. The average Bonchev–Trinajstić information content (AvgIpc) is 3.24. The van der Waals surface area contributed by atoms with Crippen molar-refractivity contribution in [3.05, 3.63) is 65.5 Å². The molecule has 2 heterocycles. The van der Waals surface area contributed by atoms with Gasteiger partial charge in [0.15, 0.2) is 0 Å². The van der Waals surface area contributed by atoms with E-state index in [2.05, 4.69) is 33.8 Å². The number of halogens is 2. The average molecular weight is 393 g/mol. The molecule has 0 aliphatic carbocycles. The van der Waals surface area contributed by atoms with Crippen molar-refractivity contribution in [2.24, 2.45) is 0 Å². The second-order valence-electron chi connectivity index (χ2n) is 6.16. The molecule has 0 saturated heterocycles. The molecule has 0 unspecified atom stereocenters. The SMILES string of the molecule is Cl.Cl.O=C(CCn1cnc2ccccc21)NCc1ccc2c(c1)CNC2. The summed E-state index contributed by atoms with van der Waals surface area (Å²) in [7, 11) is 0. The van der Waals surface area contributed by atoms with E-state index in [4.69, 9.17) is 0 Å². The summed E-state index contributed by atoms with van der Waals surface area (Å²) >= 11 is 0. The summed E-state index contributed by atoms with van der Waals surface area (Å²) in [5, 5.41) is 6.34. The monoisotopic (exact) mass is 392 g/mol. The Bertz CT molecular complexity index is 894. The molecular weight excluding hydrogens is 371 g/mol. The zero-order valence-electron chi connectivity index (χ0n) is 14.3. The van der Waals surface area contributed by atoms with Crippen molar-refractivity contribution >= 4 is 41.8 Å². The fourth-order valence-corrected chi connectivity index (χ4v) is 3.16. The van der Waals surface area contributed by atoms with Crippen LogP contribution in [0.25, 0.3) is 11.0 Å². The Balaban J connectivity index is 0.00000121. The first-order valence-electron chi connectivity index (χ1n) is 8.27. The topological polar surface area (TPSA) is 59.0 Å². The van der Waals surface area contributed by atoms with E-state index in [1.54, 1.807) is 6.33 Å². The van der Waals surface area contributed by atoms with Crippen LogP contribution in [0.2, 0.25) is 0 Å². The lowest BCUT2D eigenvalue weighted by atomic mass is 10.1. The van der Waals surface area contributed by atoms with Crippen LogP contribution >= 0.6 is 24.8 Å². The quantitative estimate of drug-likeness (QED) is 0.700. The molecule has 26 heavy (non-hydrogen) atoms. The van der Waals surface area contributed by atoms with Gasteiger partial charge >= 0.3 is 0 Å². The van der Waals surface area contributed by atoms with Crippen molar-refractivity contribution in [2.75, 3.05) is 0 Å². The van der Waals surface area contributed by atoms with E-state index in [0.717, 1.165) is 29.7 Å². The van der Waals surface area contributed by atoms with Gasteiger partial charge in [-0.05, 0) is 28.8 Å². The summed E-state index contributed by atoms with van der Waals surface area (Å²) in [6.45, 7) is 3.09. The van der Waals surface area contributed by atoms with Gasteiger partial charge in [-0.1, -0.05) is 30.3 Å². The molecule has 1 amide bonds. The van der Waals surface area contributed by atoms with Crippen LogP contribution in [-0.2, 0) is 31.0 Å². The number of benzene rings is 2. The van der Waals surface area contributed by atoms with Crippen molar-refractivity contribution in [1.82, 2.24) is 20.2 Å². The zero-order valence-corrected chi connectivity index (χ0v) is 15.9. The first kappa shape index (κ1) is 20.2. The molecule has 138 valence electrons. The van der Waals surface area contributed by atoms with Crippen molar-refractivity contribution in [3.63, 3.8) is 0 Å². The minimum Gasteiger partial charge on any atom is -0.352 e. The molecule has 1 aromatic heterocycles. The van der Waals surface area contributed by atoms with E-state index in [0.29, 0.717) is 19.5 Å². The lowest BCUT2D eigenvalue weighted by Crippen LogP contribution is -2.23. The molecule has 4 rings (SSSR count). The Hall–Kier alpha value is -2.08. The molecule has 5 nitrogen and oxygen atoms in total. The number of carbonyl (C=O) groups excluding carboxylic acids is 1. The lowest BCUT2D eigenvalue weighted by molar-refractivity contribution is -0.121. The van der Waals surface area contributed by atoms with Crippen LogP contribution < -0.4 is 10.6 Å². The highest BCUT2D eigenvalue weighted by Crippen LogP contribution is 2.17. The molecule has 2 aromatic carbocycles. The highest BCUT2D eigenvalue weighted by Gasteiger charge is 2.10. The van der Waals surface area contributed by atoms with Crippen LogP contribution in [0, 0.1) is 0 Å². The van der Waals surface area contributed by atoms with Gasteiger partial charge in [0.05, 0.1) is 17.4 Å². The maximum Gasteiger partial charge on any atom is 0.222 e. The van der Waals surface area contributed by atoms with Crippen LogP contribution in [0.5, 0.6) is 0 Å². The number of hydrogen-bond donors (Lipinski definition) is 2. The van der Waals surface area contributed by atoms with E-state index in [1.165, 1.54) is 11.1 Å². The maximum atomic E-state index is 12.1. The maximum absolute atomic E-state index is 12.1. The van der Waals surface area contributed by atoms with E-state index >= 15 is 0 Å². The van der Waals surface area contributed by atoms with E-state index in [9.17, 15) is 4.79 Å². The molecule has 1 aliphatic rings. The Morgan fingerprint density at radius 3 is 2.81 bits per heavy atom. The molecule has 3 aromatic rings. The predicted molar refractivity (Wildman–Crippen MR) is 108 cm³/mol. The van der Waals surface area contributed by atoms with Gasteiger partial charge < -0.3 is 15.2 Å². The van der Waals surface area contributed by atoms with Gasteiger partial charge in [-0.25, -0.2) is 4.98 Å². The Kier molecular flexibility index (Phi) is 7.03. The zero-order chi connectivity index (χ0) is 16.4. The minimum absolute atomic E-state index is 0. The molecule has 0 saturated carbocycles. The summed E-state index contributed by atoms with van der Waals surface area (Å²) in [6.07, 6.45) is 2.25. The largest absolute Gasteiger partial charge is 0.352 e. The number of rotatable bonds is 5. The fourth-order valence-electron chi connectivity index (χ4n) is 3.16. The normalized spacial score (nSPS) is 12.2. The van der Waals surface area contributed by atoms with Crippen molar-refractivity contribution in [3.8, 4) is 0 Å². The molecular formula is C19H22Cl2N4O. The van der Waals surface area contributed by atoms with Gasteiger partial charge in [0.25, 0.3) is 0 Å². The number of nitrogens with zero attached hydrogens (tertiary/aromatic N) is 2. The second kappa shape index (κ2) is 9.03. The number of aryl methyl sites for hydroxylation is 1. The number of para-hydroxylation sites is 2. The van der Waals surface area contributed by atoms with Gasteiger partial charge in [0.1, 0.15) is 0 Å². The highest BCUT2D eigenvalue weighted by molar-refractivity contribution is 5.85. The Labute approximate surface area is 165 Å². The number of nitrogens with one attached hydrogen (secondary N) is 2. The number of aromatic nitrogens is 2. The number of carbonyl (C=O) groups is 1.